The molecule has 2 aromatic rings. The van der Waals surface area contributed by atoms with E-state index in [1.165, 1.54) is 5.56 Å². The van der Waals surface area contributed by atoms with Crippen molar-refractivity contribution in [1.82, 2.24) is 9.97 Å². The summed E-state index contributed by atoms with van der Waals surface area (Å²) in [6, 6.07) is 6.29. The summed E-state index contributed by atoms with van der Waals surface area (Å²) in [4.78, 5) is 10.8. The van der Waals surface area contributed by atoms with Gasteiger partial charge in [-0.2, -0.15) is 0 Å². The molecule has 0 aliphatic heterocycles. The van der Waals surface area contributed by atoms with Crippen molar-refractivity contribution in [3.05, 3.63) is 40.6 Å². The van der Waals surface area contributed by atoms with Crippen LogP contribution in [0.3, 0.4) is 0 Å². The zero-order chi connectivity index (χ0) is 14.7. The third-order valence-electron chi connectivity index (χ3n) is 3.05. The normalized spacial score (nSPS) is 12.2. The molecule has 1 aromatic heterocycles. The van der Waals surface area contributed by atoms with Crippen LogP contribution in [0.2, 0.25) is 0 Å². The lowest BCUT2D eigenvalue weighted by Crippen LogP contribution is -2.33. The van der Waals surface area contributed by atoms with Crippen molar-refractivity contribution in [2.45, 2.75) is 19.9 Å². The van der Waals surface area contributed by atoms with Crippen LogP contribution in [0.1, 0.15) is 12.5 Å². The van der Waals surface area contributed by atoms with Gasteiger partial charge in [-0.1, -0.05) is 22.0 Å². The Bertz CT molecular complexity index is 581. The zero-order valence-corrected chi connectivity index (χ0v) is 13.6. The number of rotatable bonds is 4. The van der Waals surface area contributed by atoms with Crippen molar-refractivity contribution < 1.29 is 0 Å². The van der Waals surface area contributed by atoms with Crippen molar-refractivity contribution in [1.29, 1.82) is 0 Å². The van der Waals surface area contributed by atoms with Crippen LogP contribution in [0.15, 0.2) is 35.1 Å². The van der Waals surface area contributed by atoms with Crippen LogP contribution in [-0.4, -0.2) is 29.6 Å². The lowest BCUT2D eigenvalue weighted by Gasteiger charge is -2.19. The number of aryl methyl sites for hydroxylation is 1. The quantitative estimate of drug-likeness (QED) is 0.933. The first kappa shape index (κ1) is 14.9. The van der Waals surface area contributed by atoms with Crippen molar-refractivity contribution >= 4 is 21.9 Å². The SMILES string of the molecule is Cc1ccc(Br)cc1-c1cnc(N(C)CC(C)N)nc1. The number of benzene rings is 1. The Balaban J connectivity index is 2.26. The van der Waals surface area contributed by atoms with Crippen LogP contribution in [0.25, 0.3) is 11.1 Å². The first-order valence-corrected chi connectivity index (χ1v) is 7.32. The fourth-order valence-corrected chi connectivity index (χ4v) is 2.44. The summed E-state index contributed by atoms with van der Waals surface area (Å²) in [5.41, 5.74) is 9.14. The van der Waals surface area contributed by atoms with Gasteiger partial charge in [0.1, 0.15) is 0 Å². The molecule has 0 saturated carbocycles. The monoisotopic (exact) mass is 334 g/mol. The molecular weight excluding hydrogens is 316 g/mol. The van der Waals surface area contributed by atoms with E-state index >= 15 is 0 Å². The van der Waals surface area contributed by atoms with Crippen LogP contribution in [0.4, 0.5) is 5.95 Å². The molecule has 2 rings (SSSR count). The fourth-order valence-electron chi connectivity index (χ4n) is 2.08. The number of anilines is 1. The van der Waals surface area contributed by atoms with E-state index in [0.717, 1.165) is 22.1 Å². The standard InChI is InChI=1S/C15H19BrN4/c1-10-4-5-13(16)6-14(10)12-7-18-15(19-8-12)20(3)9-11(2)17/h4-8,11H,9,17H2,1-3H3. The molecule has 0 aliphatic rings. The summed E-state index contributed by atoms with van der Waals surface area (Å²) < 4.78 is 1.05. The van der Waals surface area contributed by atoms with Gasteiger partial charge in [0, 0.05) is 42.1 Å². The van der Waals surface area contributed by atoms with Gasteiger partial charge in [-0.05, 0) is 37.1 Å². The summed E-state index contributed by atoms with van der Waals surface area (Å²) >= 11 is 3.50. The summed E-state index contributed by atoms with van der Waals surface area (Å²) in [6.45, 7) is 4.78. The molecule has 0 saturated heterocycles. The van der Waals surface area contributed by atoms with E-state index in [9.17, 15) is 0 Å². The minimum atomic E-state index is 0.0931. The number of aromatic nitrogens is 2. The van der Waals surface area contributed by atoms with Crippen LogP contribution in [-0.2, 0) is 0 Å². The molecule has 1 aromatic carbocycles. The summed E-state index contributed by atoms with van der Waals surface area (Å²) in [5, 5.41) is 0. The summed E-state index contributed by atoms with van der Waals surface area (Å²) in [7, 11) is 1.95. The first-order chi connectivity index (χ1) is 9.47. The number of nitrogens with two attached hydrogens (primary N) is 1. The van der Waals surface area contributed by atoms with Gasteiger partial charge in [0.25, 0.3) is 0 Å². The predicted octanol–water partition coefficient (Wildman–Crippen LogP) is 3.00. The number of hydrogen-bond acceptors (Lipinski definition) is 4. The molecule has 0 aliphatic carbocycles. The van der Waals surface area contributed by atoms with Gasteiger partial charge in [0.05, 0.1) is 0 Å². The third-order valence-corrected chi connectivity index (χ3v) is 3.55. The van der Waals surface area contributed by atoms with E-state index in [-0.39, 0.29) is 6.04 Å². The number of hydrogen-bond donors (Lipinski definition) is 1. The van der Waals surface area contributed by atoms with Gasteiger partial charge in [-0.3, -0.25) is 0 Å². The highest BCUT2D eigenvalue weighted by atomic mass is 79.9. The van der Waals surface area contributed by atoms with Crippen molar-refractivity contribution in [2.24, 2.45) is 5.73 Å². The molecule has 1 unspecified atom stereocenters. The molecule has 1 heterocycles. The smallest absolute Gasteiger partial charge is 0.225 e. The molecule has 5 heteroatoms. The topological polar surface area (TPSA) is 55.0 Å². The van der Waals surface area contributed by atoms with E-state index < -0.39 is 0 Å². The second-order valence-electron chi connectivity index (χ2n) is 5.09. The van der Waals surface area contributed by atoms with Crippen LogP contribution >= 0.6 is 15.9 Å². The van der Waals surface area contributed by atoms with Crippen molar-refractivity contribution in [3.63, 3.8) is 0 Å². The average Bonchev–Trinajstić information content (AvgIpc) is 2.41. The third kappa shape index (κ3) is 3.55. The van der Waals surface area contributed by atoms with Gasteiger partial charge < -0.3 is 10.6 Å². The zero-order valence-electron chi connectivity index (χ0n) is 12.0. The second kappa shape index (κ2) is 6.33. The van der Waals surface area contributed by atoms with Crippen LogP contribution < -0.4 is 10.6 Å². The molecule has 20 heavy (non-hydrogen) atoms. The minimum absolute atomic E-state index is 0.0931. The first-order valence-electron chi connectivity index (χ1n) is 6.52. The van der Waals surface area contributed by atoms with E-state index in [2.05, 4.69) is 45.0 Å². The molecule has 2 N–H and O–H groups in total. The highest BCUT2D eigenvalue weighted by Crippen LogP contribution is 2.26. The highest BCUT2D eigenvalue weighted by Gasteiger charge is 2.08. The van der Waals surface area contributed by atoms with Gasteiger partial charge in [-0.25, -0.2) is 9.97 Å². The maximum Gasteiger partial charge on any atom is 0.225 e. The number of halogens is 1. The average molecular weight is 335 g/mol. The Morgan fingerprint density at radius 2 is 1.95 bits per heavy atom. The predicted molar refractivity (Wildman–Crippen MR) is 86.8 cm³/mol. The lowest BCUT2D eigenvalue weighted by molar-refractivity contribution is 0.704. The van der Waals surface area contributed by atoms with Gasteiger partial charge >= 0.3 is 0 Å². The Morgan fingerprint density at radius 3 is 2.55 bits per heavy atom. The van der Waals surface area contributed by atoms with Gasteiger partial charge in [0.2, 0.25) is 5.95 Å². The molecule has 0 spiro atoms. The maximum absolute atomic E-state index is 5.79. The molecular formula is C15H19BrN4. The van der Waals surface area contributed by atoms with Crippen molar-refractivity contribution in [2.75, 3.05) is 18.5 Å². The Kier molecular flexibility index (Phi) is 4.73. The Hall–Kier alpha value is -1.46. The molecule has 1 atom stereocenters. The molecule has 0 amide bonds. The maximum atomic E-state index is 5.79. The lowest BCUT2D eigenvalue weighted by atomic mass is 10.0. The van der Waals surface area contributed by atoms with E-state index in [1.807, 2.05) is 37.3 Å². The molecule has 0 radical (unpaired) electrons. The molecule has 0 fully saturated rings. The number of likely N-dealkylation sites (N-methyl/N-ethyl adjacent to an activating group) is 1. The van der Waals surface area contributed by atoms with Crippen molar-refractivity contribution in [3.8, 4) is 11.1 Å². The van der Waals surface area contributed by atoms with Gasteiger partial charge in [-0.15, -0.1) is 0 Å². The molecule has 0 bridgehead atoms. The van der Waals surface area contributed by atoms with Gasteiger partial charge in [0.15, 0.2) is 0 Å². The molecule has 106 valence electrons. The second-order valence-corrected chi connectivity index (χ2v) is 6.00. The Morgan fingerprint density at radius 1 is 1.30 bits per heavy atom. The minimum Gasteiger partial charge on any atom is -0.342 e. The van der Waals surface area contributed by atoms with E-state index in [0.29, 0.717) is 5.95 Å². The van der Waals surface area contributed by atoms with E-state index in [1.54, 1.807) is 0 Å². The van der Waals surface area contributed by atoms with E-state index in [4.69, 9.17) is 5.73 Å². The summed E-state index contributed by atoms with van der Waals surface area (Å²) in [6.07, 6.45) is 3.71. The highest BCUT2D eigenvalue weighted by molar-refractivity contribution is 9.10. The Labute approximate surface area is 128 Å². The van der Waals surface area contributed by atoms with Crippen LogP contribution in [0, 0.1) is 6.92 Å². The largest absolute Gasteiger partial charge is 0.342 e. The number of nitrogens with zero attached hydrogens (tertiary/aromatic N) is 3. The fraction of sp³-hybridized carbons (Fsp3) is 0.333. The van der Waals surface area contributed by atoms with Crippen LogP contribution in [0.5, 0.6) is 0 Å². The molecule has 4 nitrogen and oxygen atoms in total. The summed E-state index contributed by atoms with van der Waals surface area (Å²) in [5.74, 6) is 0.693.